The zero-order valence-electron chi connectivity index (χ0n) is 17.2. The number of carbonyl (C=O) groups is 1. The summed E-state index contributed by atoms with van der Waals surface area (Å²) in [6, 6.07) is 16.4. The number of piperazine rings is 1. The van der Waals surface area contributed by atoms with Crippen LogP contribution < -0.4 is 4.90 Å². The number of nitrogens with zero attached hydrogens (tertiary/aromatic N) is 5. The summed E-state index contributed by atoms with van der Waals surface area (Å²) in [5.74, 6) is -0.159. The van der Waals surface area contributed by atoms with Crippen molar-refractivity contribution in [2.75, 3.05) is 31.1 Å². The number of carbonyl (C=O) groups excluding carboxylic acids is 1. The van der Waals surface area contributed by atoms with E-state index in [4.69, 9.17) is 0 Å². The van der Waals surface area contributed by atoms with E-state index in [1.54, 1.807) is 40.0 Å². The van der Waals surface area contributed by atoms with Gasteiger partial charge in [0, 0.05) is 38.6 Å². The molecule has 0 unspecified atom stereocenters. The Labute approximate surface area is 183 Å². The molecule has 0 bridgehead atoms. The molecule has 4 aromatic rings. The van der Waals surface area contributed by atoms with Crippen LogP contribution in [0, 0.1) is 11.6 Å². The Balaban J connectivity index is 1.42. The van der Waals surface area contributed by atoms with E-state index in [1.165, 1.54) is 18.2 Å². The molecule has 3 heterocycles. The molecule has 5 rings (SSSR count). The lowest BCUT2D eigenvalue weighted by Crippen LogP contribution is -2.49. The lowest BCUT2D eigenvalue weighted by molar-refractivity contribution is 0.0746. The maximum atomic E-state index is 14.1. The third-order valence-corrected chi connectivity index (χ3v) is 5.65. The van der Waals surface area contributed by atoms with Crippen molar-refractivity contribution < 1.29 is 13.6 Å². The molecule has 32 heavy (non-hydrogen) atoms. The Kier molecular flexibility index (Phi) is 5.18. The molecule has 1 saturated heterocycles. The molecule has 2 aromatic heterocycles. The first-order valence-corrected chi connectivity index (χ1v) is 10.4. The molecule has 6 nitrogen and oxygen atoms in total. The largest absolute Gasteiger partial charge is 0.366 e. The first kappa shape index (κ1) is 20.0. The first-order valence-electron chi connectivity index (χ1n) is 10.4. The third-order valence-electron chi connectivity index (χ3n) is 5.65. The van der Waals surface area contributed by atoms with Gasteiger partial charge in [-0.2, -0.15) is 5.10 Å². The Bertz CT molecular complexity index is 1230. The average molecular weight is 433 g/mol. The van der Waals surface area contributed by atoms with E-state index in [0.717, 1.165) is 0 Å². The number of hydrogen-bond donors (Lipinski definition) is 0. The molecule has 0 saturated carbocycles. The van der Waals surface area contributed by atoms with Gasteiger partial charge in [-0.3, -0.25) is 4.79 Å². The number of rotatable bonds is 4. The lowest BCUT2D eigenvalue weighted by Gasteiger charge is -2.36. The zero-order valence-corrected chi connectivity index (χ0v) is 17.2. The van der Waals surface area contributed by atoms with Crippen molar-refractivity contribution in [1.82, 2.24) is 19.2 Å². The monoisotopic (exact) mass is 433 g/mol. The quantitative estimate of drug-likeness (QED) is 0.490. The number of hydrogen-bond acceptors (Lipinski definition) is 3. The summed E-state index contributed by atoms with van der Waals surface area (Å²) in [6.07, 6.45) is 5.22. The number of benzene rings is 2. The summed E-state index contributed by atoms with van der Waals surface area (Å²) in [4.78, 5) is 17.1. The topological polar surface area (TPSA) is 46.3 Å². The van der Waals surface area contributed by atoms with Gasteiger partial charge in [-0.25, -0.2) is 13.5 Å². The van der Waals surface area contributed by atoms with E-state index >= 15 is 0 Å². The Morgan fingerprint density at radius 2 is 1.53 bits per heavy atom. The van der Waals surface area contributed by atoms with Crippen LogP contribution in [0.5, 0.6) is 0 Å². The van der Waals surface area contributed by atoms with Crippen molar-refractivity contribution in [3.05, 3.63) is 96.5 Å². The Morgan fingerprint density at radius 1 is 0.844 bits per heavy atom. The van der Waals surface area contributed by atoms with Crippen LogP contribution in [0.25, 0.3) is 11.5 Å². The van der Waals surface area contributed by atoms with Crippen LogP contribution in [0.15, 0.2) is 79.3 Å². The molecule has 1 amide bonds. The summed E-state index contributed by atoms with van der Waals surface area (Å²) in [5.41, 5.74) is 1.65. The fourth-order valence-electron chi connectivity index (χ4n) is 4.02. The van der Waals surface area contributed by atoms with Crippen LogP contribution in [-0.2, 0) is 0 Å². The van der Waals surface area contributed by atoms with Crippen LogP contribution in [0.4, 0.5) is 14.5 Å². The standard InChI is InChI=1S/C24H21F2N5O/c25-18-7-9-19(10-8-18)31-23(29-11-3-4-12-29)20(17-27-31)24(32)30-15-13-28(14-16-30)22-6-2-1-5-21(22)26/h1-12,17H,13-16H2. The zero-order chi connectivity index (χ0) is 22.1. The minimum Gasteiger partial charge on any atom is -0.366 e. The Morgan fingerprint density at radius 3 is 2.22 bits per heavy atom. The predicted molar refractivity (Wildman–Crippen MR) is 117 cm³/mol. The van der Waals surface area contributed by atoms with Gasteiger partial charge in [-0.15, -0.1) is 0 Å². The molecular formula is C24H21F2N5O. The van der Waals surface area contributed by atoms with E-state index in [1.807, 2.05) is 40.1 Å². The summed E-state index contributed by atoms with van der Waals surface area (Å²) >= 11 is 0. The molecule has 1 aliphatic heterocycles. The van der Waals surface area contributed by atoms with Crippen molar-refractivity contribution in [1.29, 1.82) is 0 Å². The first-order chi connectivity index (χ1) is 15.6. The van der Waals surface area contributed by atoms with E-state index < -0.39 is 0 Å². The van der Waals surface area contributed by atoms with E-state index in [-0.39, 0.29) is 17.5 Å². The number of amides is 1. The van der Waals surface area contributed by atoms with Crippen molar-refractivity contribution in [2.45, 2.75) is 0 Å². The molecule has 162 valence electrons. The van der Waals surface area contributed by atoms with Gasteiger partial charge < -0.3 is 14.4 Å². The second-order valence-electron chi connectivity index (χ2n) is 7.59. The number of aromatic nitrogens is 3. The van der Waals surface area contributed by atoms with Crippen LogP contribution in [0.3, 0.4) is 0 Å². The molecule has 0 aliphatic carbocycles. The second kappa shape index (κ2) is 8.30. The van der Waals surface area contributed by atoms with Crippen molar-refractivity contribution >= 4 is 11.6 Å². The normalized spacial score (nSPS) is 14.1. The average Bonchev–Trinajstić information content (AvgIpc) is 3.49. The van der Waals surface area contributed by atoms with Crippen molar-refractivity contribution in [3.8, 4) is 11.5 Å². The predicted octanol–water partition coefficient (Wildman–Crippen LogP) is 3.90. The molecule has 0 radical (unpaired) electrons. The molecule has 2 aromatic carbocycles. The highest BCUT2D eigenvalue weighted by atomic mass is 19.1. The van der Waals surface area contributed by atoms with Crippen LogP contribution in [0.2, 0.25) is 0 Å². The number of halogens is 2. The van der Waals surface area contributed by atoms with Gasteiger partial charge in [0.25, 0.3) is 5.91 Å². The van der Waals surface area contributed by atoms with Gasteiger partial charge in [0.15, 0.2) is 5.82 Å². The van der Waals surface area contributed by atoms with Crippen molar-refractivity contribution in [3.63, 3.8) is 0 Å². The number of anilines is 1. The van der Waals surface area contributed by atoms with Gasteiger partial charge in [-0.1, -0.05) is 12.1 Å². The maximum Gasteiger partial charge on any atom is 0.259 e. The van der Waals surface area contributed by atoms with Gasteiger partial charge in [-0.05, 0) is 48.5 Å². The van der Waals surface area contributed by atoms with Gasteiger partial charge >= 0.3 is 0 Å². The summed E-state index contributed by atoms with van der Waals surface area (Å²) in [6.45, 7) is 2.02. The van der Waals surface area contributed by atoms with E-state index in [0.29, 0.717) is 48.9 Å². The molecule has 1 aliphatic rings. The fourth-order valence-corrected chi connectivity index (χ4v) is 4.02. The number of para-hydroxylation sites is 1. The Hall–Kier alpha value is -3.94. The summed E-state index contributed by atoms with van der Waals surface area (Å²) in [7, 11) is 0. The maximum absolute atomic E-state index is 14.1. The fraction of sp³-hybridized carbons (Fsp3) is 0.167. The molecule has 0 spiro atoms. The molecular weight excluding hydrogens is 412 g/mol. The lowest BCUT2D eigenvalue weighted by atomic mass is 10.2. The van der Waals surface area contributed by atoms with Gasteiger partial charge in [0.05, 0.1) is 17.6 Å². The molecule has 0 N–H and O–H groups in total. The second-order valence-corrected chi connectivity index (χ2v) is 7.59. The van der Waals surface area contributed by atoms with Gasteiger partial charge in [0.2, 0.25) is 0 Å². The minimum atomic E-state index is -0.340. The minimum absolute atomic E-state index is 0.143. The van der Waals surface area contributed by atoms with Crippen LogP contribution in [-0.4, -0.2) is 51.3 Å². The smallest absolute Gasteiger partial charge is 0.259 e. The highest BCUT2D eigenvalue weighted by molar-refractivity contribution is 5.97. The van der Waals surface area contributed by atoms with Crippen molar-refractivity contribution in [2.24, 2.45) is 0 Å². The molecule has 8 heteroatoms. The van der Waals surface area contributed by atoms with Crippen LogP contribution >= 0.6 is 0 Å². The SMILES string of the molecule is O=C(c1cnn(-c2ccc(F)cc2)c1-n1cccc1)N1CCN(c2ccccc2F)CC1. The third kappa shape index (κ3) is 3.64. The highest BCUT2D eigenvalue weighted by Crippen LogP contribution is 2.24. The molecule has 0 atom stereocenters. The van der Waals surface area contributed by atoms with E-state index in [2.05, 4.69) is 5.10 Å². The molecule has 1 fully saturated rings. The van der Waals surface area contributed by atoms with Gasteiger partial charge in [0.1, 0.15) is 17.2 Å². The summed E-state index contributed by atoms with van der Waals surface area (Å²) in [5, 5.41) is 4.43. The van der Waals surface area contributed by atoms with Crippen LogP contribution in [0.1, 0.15) is 10.4 Å². The summed E-state index contributed by atoms with van der Waals surface area (Å²) < 4.78 is 31.0. The van der Waals surface area contributed by atoms with E-state index in [9.17, 15) is 13.6 Å². The highest BCUT2D eigenvalue weighted by Gasteiger charge is 2.28.